The number of methoxy groups -OCH3 is 1. The molecule has 0 unspecified atom stereocenters. The second-order valence-corrected chi connectivity index (χ2v) is 8.12. The van der Waals surface area contributed by atoms with Crippen LogP contribution >= 0.6 is 0 Å². The molecular weight excluding hydrogens is 400 g/mol. The highest BCUT2D eigenvalue weighted by atomic mass is 16.5. The van der Waals surface area contributed by atoms with E-state index >= 15 is 0 Å². The highest BCUT2D eigenvalue weighted by Crippen LogP contribution is 2.32. The topological polar surface area (TPSA) is 60.2 Å². The molecule has 3 heterocycles. The molecule has 0 radical (unpaired) electrons. The number of carbonyl (C=O) groups excluding carboxylic acids is 1. The Hall–Kier alpha value is -3.93. The van der Waals surface area contributed by atoms with Gasteiger partial charge < -0.3 is 9.30 Å². The number of pyridine rings is 1. The third kappa shape index (κ3) is 3.43. The SMILES string of the molecule is COc1ccc(-c2ccc3c(c2)C(=O)N(c2cccc(-c4nccn4C(C)C)n2)C3)cc1. The molecule has 1 aliphatic heterocycles. The molecule has 4 aromatic rings. The van der Waals surface area contributed by atoms with E-state index in [4.69, 9.17) is 9.72 Å². The number of amides is 1. The van der Waals surface area contributed by atoms with Crippen molar-refractivity contribution in [3.63, 3.8) is 0 Å². The summed E-state index contributed by atoms with van der Waals surface area (Å²) in [6.07, 6.45) is 3.73. The monoisotopic (exact) mass is 424 g/mol. The molecule has 0 fully saturated rings. The van der Waals surface area contributed by atoms with Crippen LogP contribution in [0.15, 0.2) is 73.1 Å². The van der Waals surface area contributed by atoms with Gasteiger partial charge in [0.05, 0.1) is 13.7 Å². The predicted molar refractivity (Wildman–Crippen MR) is 125 cm³/mol. The molecule has 32 heavy (non-hydrogen) atoms. The van der Waals surface area contributed by atoms with Crippen LogP contribution in [-0.4, -0.2) is 27.6 Å². The summed E-state index contributed by atoms with van der Waals surface area (Å²) in [5, 5.41) is 0. The van der Waals surface area contributed by atoms with Gasteiger partial charge >= 0.3 is 0 Å². The third-order valence-corrected chi connectivity index (χ3v) is 5.80. The normalized spacial score (nSPS) is 13.0. The molecule has 0 atom stereocenters. The standard InChI is InChI=1S/C26H24N4O2/c1-17(2)29-14-13-27-25(29)23-5-4-6-24(28-23)30-16-20-8-7-19(15-22(20)26(30)31)18-9-11-21(32-3)12-10-18/h4-15,17H,16H2,1-3H3. The van der Waals surface area contributed by atoms with Crippen molar-refractivity contribution in [2.24, 2.45) is 0 Å². The van der Waals surface area contributed by atoms with Crippen molar-refractivity contribution in [3.05, 3.63) is 84.2 Å². The Morgan fingerprint density at radius 3 is 2.53 bits per heavy atom. The zero-order valence-corrected chi connectivity index (χ0v) is 18.3. The lowest BCUT2D eigenvalue weighted by molar-refractivity contribution is 0.0996. The van der Waals surface area contributed by atoms with Crippen LogP contribution < -0.4 is 9.64 Å². The number of carbonyl (C=O) groups is 1. The van der Waals surface area contributed by atoms with Gasteiger partial charge in [0.1, 0.15) is 17.3 Å². The largest absolute Gasteiger partial charge is 0.497 e. The third-order valence-electron chi connectivity index (χ3n) is 5.80. The first-order chi connectivity index (χ1) is 15.5. The Labute approximate surface area is 187 Å². The van der Waals surface area contributed by atoms with Crippen LogP contribution in [0.4, 0.5) is 5.82 Å². The lowest BCUT2D eigenvalue weighted by Crippen LogP contribution is -2.24. The van der Waals surface area contributed by atoms with E-state index in [1.165, 1.54) is 0 Å². The van der Waals surface area contributed by atoms with Gasteiger partial charge in [0, 0.05) is 24.0 Å². The van der Waals surface area contributed by atoms with Crippen LogP contribution in [0.3, 0.4) is 0 Å². The molecule has 2 aromatic heterocycles. The zero-order valence-electron chi connectivity index (χ0n) is 18.3. The summed E-state index contributed by atoms with van der Waals surface area (Å²) in [6.45, 7) is 4.72. The maximum atomic E-state index is 13.3. The van der Waals surface area contributed by atoms with Gasteiger partial charge in [-0.2, -0.15) is 0 Å². The number of ether oxygens (including phenoxy) is 1. The van der Waals surface area contributed by atoms with Crippen molar-refractivity contribution < 1.29 is 9.53 Å². The first-order valence-corrected chi connectivity index (χ1v) is 10.6. The van der Waals surface area contributed by atoms with Crippen molar-refractivity contribution in [3.8, 4) is 28.4 Å². The summed E-state index contributed by atoms with van der Waals surface area (Å²) in [5.41, 5.74) is 4.52. The first-order valence-electron chi connectivity index (χ1n) is 10.6. The summed E-state index contributed by atoms with van der Waals surface area (Å²) >= 11 is 0. The van der Waals surface area contributed by atoms with Crippen molar-refractivity contribution in [1.82, 2.24) is 14.5 Å². The van der Waals surface area contributed by atoms with E-state index in [0.29, 0.717) is 17.9 Å². The molecule has 160 valence electrons. The van der Waals surface area contributed by atoms with E-state index in [9.17, 15) is 4.79 Å². The quantitative estimate of drug-likeness (QED) is 0.433. The Morgan fingerprint density at radius 1 is 1.00 bits per heavy atom. The molecule has 5 rings (SSSR count). The van der Waals surface area contributed by atoms with Gasteiger partial charge in [-0.1, -0.05) is 30.3 Å². The molecule has 0 saturated carbocycles. The molecule has 0 bridgehead atoms. The number of hydrogen-bond acceptors (Lipinski definition) is 4. The maximum Gasteiger partial charge on any atom is 0.260 e. The fraction of sp³-hybridized carbons (Fsp3) is 0.192. The number of hydrogen-bond donors (Lipinski definition) is 0. The number of fused-ring (bicyclic) bond motifs is 1. The van der Waals surface area contributed by atoms with Crippen LogP contribution in [0, 0.1) is 0 Å². The average molecular weight is 425 g/mol. The smallest absolute Gasteiger partial charge is 0.260 e. The summed E-state index contributed by atoms with van der Waals surface area (Å²) in [4.78, 5) is 24.3. The highest BCUT2D eigenvalue weighted by Gasteiger charge is 2.30. The van der Waals surface area contributed by atoms with Gasteiger partial charge in [-0.15, -0.1) is 0 Å². The minimum Gasteiger partial charge on any atom is -0.497 e. The Morgan fingerprint density at radius 2 is 1.78 bits per heavy atom. The minimum atomic E-state index is -0.0350. The van der Waals surface area contributed by atoms with Gasteiger partial charge in [-0.05, 0) is 60.9 Å². The van der Waals surface area contributed by atoms with E-state index in [-0.39, 0.29) is 11.9 Å². The number of anilines is 1. The summed E-state index contributed by atoms with van der Waals surface area (Å²) in [6, 6.07) is 19.9. The number of nitrogens with zero attached hydrogens (tertiary/aromatic N) is 4. The Kier molecular flexibility index (Phi) is 4.98. The van der Waals surface area contributed by atoms with Crippen LogP contribution in [0.5, 0.6) is 5.75 Å². The molecular formula is C26H24N4O2. The van der Waals surface area contributed by atoms with Crippen molar-refractivity contribution in [2.75, 3.05) is 12.0 Å². The Balaban J connectivity index is 1.45. The number of aromatic nitrogens is 3. The first kappa shape index (κ1) is 20.0. The van der Waals surface area contributed by atoms with Crippen molar-refractivity contribution in [2.45, 2.75) is 26.4 Å². The van der Waals surface area contributed by atoms with E-state index in [2.05, 4.69) is 29.5 Å². The molecule has 0 spiro atoms. The number of benzene rings is 2. The minimum absolute atomic E-state index is 0.0350. The molecule has 0 N–H and O–H groups in total. The van der Waals surface area contributed by atoms with Gasteiger partial charge in [0.15, 0.2) is 5.82 Å². The predicted octanol–water partition coefficient (Wildman–Crippen LogP) is 5.36. The fourth-order valence-electron chi connectivity index (χ4n) is 4.08. The van der Waals surface area contributed by atoms with Crippen LogP contribution in [0.25, 0.3) is 22.6 Å². The molecule has 1 aliphatic rings. The molecule has 1 amide bonds. The van der Waals surface area contributed by atoms with Crippen LogP contribution in [0.1, 0.15) is 35.8 Å². The highest BCUT2D eigenvalue weighted by molar-refractivity contribution is 6.10. The van der Waals surface area contributed by atoms with Gasteiger partial charge in [-0.3, -0.25) is 9.69 Å². The zero-order chi connectivity index (χ0) is 22.2. The molecule has 6 heteroatoms. The molecule has 0 saturated heterocycles. The van der Waals surface area contributed by atoms with E-state index in [1.54, 1.807) is 18.2 Å². The summed E-state index contributed by atoms with van der Waals surface area (Å²) in [5.74, 6) is 2.20. The van der Waals surface area contributed by atoms with Gasteiger partial charge in [-0.25, -0.2) is 9.97 Å². The molecule has 2 aromatic carbocycles. The lowest BCUT2D eigenvalue weighted by Gasteiger charge is -2.16. The van der Waals surface area contributed by atoms with Crippen LogP contribution in [0.2, 0.25) is 0 Å². The average Bonchev–Trinajstić information content (AvgIpc) is 3.44. The van der Waals surface area contributed by atoms with Crippen molar-refractivity contribution >= 4 is 11.7 Å². The molecule has 6 nitrogen and oxygen atoms in total. The molecule has 0 aliphatic carbocycles. The van der Waals surface area contributed by atoms with E-state index in [0.717, 1.165) is 34.0 Å². The second-order valence-electron chi connectivity index (χ2n) is 8.12. The summed E-state index contributed by atoms with van der Waals surface area (Å²) < 4.78 is 7.32. The van der Waals surface area contributed by atoms with E-state index < -0.39 is 0 Å². The Bertz CT molecular complexity index is 1290. The van der Waals surface area contributed by atoms with Gasteiger partial charge in [0.25, 0.3) is 5.91 Å². The van der Waals surface area contributed by atoms with Crippen LogP contribution in [-0.2, 0) is 6.54 Å². The number of imidazole rings is 1. The summed E-state index contributed by atoms with van der Waals surface area (Å²) in [7, 11) is 1.65. The van der Waals surface area contributed by atoms with Gasteiger partial charge in [0.2, 0.25) is 0 Å². The van der Waals surface area contributed by atoms with Crippen molar-refractivity contribution in [1.29, 1.82) is 0 Å². The maximum absolute atomic E-state index is 13.3. The lowest BCUT2D eigenvalue weighted by atomic mass is 10.0. The number of rotatable bonds is 5. The van der Waals surface area contributed by atoms with E-state index in [1.807, 2.05) is 60.8 Å². The fourth-order valence-corrected chi connectivity index (χ4v) is 4.08. The second kappa shape index (κ2) is 7.96.